The Morgan fingerprint density at radius 2 is 2.14 bits per heavy atom. The highest BCUT2D eigenvalue weighted by Crippen LogP contribution is 2.10. The number of nitrogens with one attached hydrogen (secondary N) is 1. The Kier molecular flexibility index (Phi) is 5.37. The molecule has 2 rings (SSSR count). The first kappa shape index (κ1) is 15.1. The topological polar surface area (TPSA) is 56.1 Å². The van der Waals surface area contributed by atoms with Gasteiger partial charge < -0.3 is 10.1 Å². The summed E-state index contributed by atoms with van der Waals surface area (Å²) in [5.41, 5.74) is 1.20. The monoisotopic (exact) mass is 287 g/mol. The summed E-state index contributed by atoms with van der Waals surface area (Å²) < 4.78 is 7.32. The highest BCUT2D eigenvalue weighted by molar-refractivity contribution is 5.78. The van der Waals surface area contributed by atoms with E-state index in [1.165, 1.54) is 5.56 Å². The third kappa shape index (κ3) is 4.95. The van der Waals surface area contributed by atoms with E-state index in [0.717, 1.165) is 5.75 Å². The van der Waals surface area contributed by atoms with Crippen molar-refractivity contribution in [3.63, 3.8) is 0 Å². The molecule has 0 bridgehead atoms. The molecular weight excluding hydrogens is 266 g/mol. The predicted octanol–water partition coefficient (Wildman–Crippen LogP) is 2.02. The van der Waals surface area contributed by atoms with Crippen molar-refractivity contribution in [2.45, 2.75) is 20.4 Å². The van der Waals surface area contributed by atoms with Gasteiger partial charge in [0.15, 0.2) is 0 Å². The van der Waals surface area contributed by atoms with Gasteiger partial charge in [0, 0.05) is 12.4 Å². The molecule has 0 spiro atoms. The van der Waals surface area contributed by atoms with E-state index in [1.807, 2.05) is 50.4 Å². The van der Waals surface area contributed by atoms with Crippen LogP contribution in [0.2, 0.25) is 0 Å². The number of carbonyl (C=O) groups is 1. The van der Waals surface area contributed by atoms with Gasteiger partial charge in [-0.1, -0.05) is 24.6 Å². The van der Waals surface area contributed by atoms with E-state index in [4.69, 9.17) is 4.74 Å². The Balaban J connectivity index is 1.65. The third-order valence-electron chi connectivity index (χ3n) is 3.16. The molecule has 1 aromatic heterocycles. The zero-order chi connectivity index (χ0) is 15.1. The molecule has 0 aliphatic rings. The normalized spacial score (nSPS) is 11.9. The van der Waals surface area contributed by atoms with Crippen LogP contribution in [0.3, 0.4) is 0 Å². The van der Waals surface area contributed by atoms with Crippen LogP contribution in [0.1, 0.15) is 12.5 Å². The number of nitrogens with zero attached hydrogens (tertiary/aromatic N) is 2. The van der Waals surface area contributed by atoms with E-state index in [0.29, 0.717) is 19.7 Å². The average Bonchev–Trinajstić information content (AvgIpc) is 2.98. The Bertz CT molecular complexity index is 549. The SMILES string of the molecule is Cc1ccc(OCCNC(=O)[C@@H](C)Cn2cccn2)cc1. The summed E-state index contributed by atoms with van der Waals surface area (Å²) in [7, 11) is 0. The fourth-order valence-corrected chi connectivity index (χ4v) is 1.92. The van der Waals surface area contributed by atoms with Crippen LogP contribution in [0.5, 0.6) is 5.75 Å². The fourth-order valence-electron chi connectivity index (χ4n) is 1.92. The number of amides is 1. The number of rotatable bonds is 7. The lowest BCUT2D eigenvalue weighted by atomic mass is 10.1. The lowest BCUT2D eigenvalue weighted by Crippen LogP contribution is -2.34. The summed E-state index contributed by atoms with van der Waals surface area (Å²) in [5, 5.41) is 6.97. The maximum atomic E-state index is 11.9. The number of benzene rings is 1. The summed E-state index contributed by atoms with van der Waals surface area (Å²) in [6.07, 6.45) is 3.56. The first-order valence-corrected chi connectivity index (χ1v) is 7.10. The molecule has 0 saturated carbocycles. The van der Waals surface area contributed by atoms with Gasteiger partial charge in [0.2, 0.25) is 5.91 Å². The third-order valence-corrected chi connectivity index (χ3v) is 3.16. The Labute approximate surface area is 124 Å². The predicted molar refractivity (Wildman–Crippen MR) is 81.1 cm³/mol. The number of ether oxygens (including phenoxy) is 1. The van der Waals surface area contributed by atoms with Gasteiger partial charge in [-0.25, -0.2) is 0 Å². The molecule has 1 amide bonds. The number of hydrogen-bond acceptors (Lipinski definition) is 3. The average molecular weight is 287 g/mol. The second-order valence-electron chi connectivity index (χ2n) is 5.08. The Morgan fingerprint density at radius 3 is 2.81 bits per heavy atom. The van der Waals surface area contributed by atoms with Crippen LogP contribution in [0.15, 0.2) is 42.7 Å². The molecule has 0 aliphatic carbocycles. The van der Waals surface area contributed by atoms with Crippen LogP contribution < -0.4 is 10.1 Å². The molecule has 112 valence electrons. The molecule has 1 heterocycles. The molecule has 0 unspecified atom stereocenters. The van der Waals surface area contributed by atoms with Crippen LogP contribution in [0.4, 0.5) is 0 Å². The second kappa shape index (κ2) is 7.47. The highest BCUT2D eigenvalue weighted by atomic mass is 16.5. The van der Waals surface area contributed by atoms with Crippen LogP contribution in [-0.2, 0) is 11.3 Å². The van der Waals surface area contributed by atoms with Gasteiger partial charge >= 0.3 is 0 Å². The van der Waals surface area contributed by atoms with Crippen molar-refractivity contribution < 1.29 is 9.53 Å². The van der Waals surface area contributed by atoms with Crippen molar-refractivity contribution in [2.75, 3.05) is 13.2 Å². The van der Waals surface area contributed by atoms with Gasteiger partial charge in [-0.2, -0.15) is 5.10 Å². The molecule has 1 N–H and O–H groups in total. The zero-order valence-corrected chi connectivity index (χ0v) is 12.5. The number of carbonyl (C=O) groups excluding carboxylic acids is 1. The summed E-state index contributed by atoms with van der Waals surface area (Å²) >= 11 is 0. The van der Waals surface area contributed by atoms with Crippen molar-refractivity contribution in [2.24, 2.45) is 5.92 Å². The van der Waals surface area contributed by atoms with E-state index in [-0.39, 0.29) is 11.8 Å². The highest BCUT2D eigenvalue weighted by Gasteiger charge is 2.12. The molecule has 0 radical (unpaired) electrons. The maximum Gasteiger partial charge on any atom is 0.224 e. The van der Waals surface area contributed by atoms with Crippen molar-refractivity contribution in [1.29, 1.82) is 0 Å². The van der Waals surface area contributed by atoms with Crippen molar-refractivity contribution >= 4 is 5.91 Å². The van der Waals surface area contributed by atoms with Gasteiger partial charge in [-0.15, -0.1) is 0 Å². The van der Waals surface area contributed by atoms with Gasteiger partial charge in [0.25, 0.3) is 0 Å². The van der Waals surface area contributed by atoms with Gasteiger partial charge in [0.05, 0.1) is 19.0 Å². The lowest BCUT2D eigenvalue weighted by Gasteiger charge is -2.13. The van der Waals surface area contributed by atoms with E-state index < -0.39 is 0 Å². The molecule has 5 nitrogen and oxygen atoms in total. The maximum absolute atomic E-state index is 11.9. The minimum atomic E-state index is -0.121. The molecule has 0 saturated heterocycles. The van der Waals surface area contributed by atoms with Crippen molar-refractivity contribution in [3.05, 3.63) is 48.3 Å². The van der Waals surface area contributed by atoms with Crippen LogP contribution in [0, 0.1) is 12.8 Å². The van der Waals surface area contributed by atoms with Gasteiger partial charge in [0.1, 0.15) is 12.4 Å². The number of aromatic nitrogens is 2. The molecule has 1 atom stereocenters. The van der Waals surface area contributed by atoms with E-state index in [1.54, 1.807) is 10.9 Å². The Morgan fingerprint density at radius 1 is 1.38 bits per heavy atom. The Hall–Kier alpha value is -2.30. The van der Waals surface area contributed by atoms with Crippen molar-refractivity contribution in [3.8, 4) is 5.75 Å². The summed E-state index contributed by atoms with van der Waals surface area (Å²) in [6, 6.07) is 9.70. The first-order valence-electron chi connectivity index (χ1n) is 7.10. The summed E-state index contributed by atoms with van der Waals surface area (Å²) in [6.45, 7) is 5.46. The van der Waals surface area contributed by atoms with Crippen LogP contribution >= 0.6 is 0 Å². The smallest absolute Gasteiger partial charge is 0.224 e. The van der Waals surface area contributed by atoms with Crippen LogP contribution in [-0.4, -0.2) is 28.8 Å². The van der Waals surface area contributed by atoms with Gasteiger partial charge in [-0.05, 0) is 25.1 Å². The lowest BCUT2D eigenvalue weighted by molar-refractivity contribution is -0.125. The minimum Gasteiger partial charge on any atom is -0.492 e. The van der Waals surface area contributed by atoms with Gasteiger partial charge in [-0.3, -0.25) is 9.48 Å². The molecule has 21 heavy (non-hydrogen) atoms. The van der Waals surface area contributed by atoms with E-state index >= 15 is 0 Å². The largest absolute Gasteiger partial charge is 0.492 e. The fraction of sp³-hybridized carbons (Fsp3) is 0.375. The first-order chi connectivity index (χ1) is 10.1. The number of hydrogen-bond donors (Lipinski definition) is 1. The van der Waals surface area contributed by atoms with Crippen LogP contribution in [0.25, 0.3) is 0 Å². The summed E-state index contributed by atoms with van der Waals surface area (Å²) in [4.78, 5) is 11.9. The number of aryl methyl sites for hydroxylation is 1. The molecule has 1 aromatic carbocycles. The second-order valence-corrected chi connectivity index (χ2v) is 5.08. The standard InChI is InChI=1S/C16H21N3O2/c1-13-4-6-15(7-5-13)21-11-9-17-16(20)14(2)12-19-10-3-8-18-19/h3-8,10,14H,9,11-12H2,1-2H3,(H,17,20)/t14-/m0/s1. The molecule has 2 aromatic rings. The summed E-state index contributed by atoms with van der Waals surface area (Å²) in [5.74, 6) is 0.710. The van der Waals surface area contributed by atoms with E-state index in [2.05, 4.69) is 10.4 Å². The quantitative estimate of drug-likeness (QED) is 0.793. The molecular formula is C16H21N3O2. The molecule has 5 heteroatoms. The molecule has 0 aliphatic heterocycles. The zero-order valence-electron chi connectivity index (χ0n) is 12.5. The molecule has 0 fully saturated rings. The van der Waals surface area contributed by atoms with E-state index in [9.17, 15) is 4.79 Å². The van der Waals surface area contributed by atoms with Crippen molar-refractivity contribution in [1.82, 2.24) is 15.1 Å². The minimum absolute atomic E-state index is 0.0120.